The minimum Gasteiger partial charge on any atom is -0.391 e. The zero-order chi connectivity index (χ0) is 12.7. The van der Waals surface area contributed by atoms with Crippen molar-refractivity contribution in [3.8, 4) is 0 Å². The quantitative estimate of drug-likeness (QED) is 0.811. The molecule has 0 bridgehead atoms. The molecule has 0 aromatic carbocycles. The second-order valence-corrected chi connectivity index (χ2v) is 5.89. The molecule has 1 atom stereocenters. The Kier molecular flexibility index (Phi) is 6.77. The third kappa shape index (κ3) is 6.19. The van der Waals surface area contributed by atoms with E-state index in [0.29, 0.717) is 13.0 Å². The summed E-state index contributed by atoms with van der Waals surface area (Å²) in [5.74, 6) is 0.00433. The summed E-state index contributed by atoms with van der Waals surface area (Å²) >= 11 is 5.03. The second-order valence-electron chi connectivity index (χ2n) is 3.98. The van der Waals surface area contributed by atoms with Gasteiger partial charge in [-0.2, -0.15) is 0 Å². The molecule has 0 saturated heterocycles. The van der Waals surface area contributed by atoms with Crippen LogP contribution in [0.4, 0.5) is 0 Å². The summed E-state index contributed by atoms with van der Waals surface area (Å²) in [6, 6.07) is 2.03. The van der Waals surface area contributed by atoms with Crippen molar-refractivity contribution in [2.75, 3.05) is 6.54 Å². The van der Waals surface area contributed by atoms with Crippen molar-refractivity contribution in [2.45, 2.75) is 38.7 Å². The van der Waals surface area contributed by atoms with Crippen LogP contribution in [0.5, 0.6) is 0 Å². The number of nitrogens with one attached hydrogen (secondary N) is 1. The number of hydrogen-bond acceptors (Lipinski definition) is 3. The Morgan fingerprint density at radius 3 is 3.00 bits per heavy atom. The molecular formula is C12H18BrNO2S. The van der Waals surface area contributed by atoms with Crippen molar-refractivity contribution in [2.24, 2.45) is 0 Å². The zero-order valence-electron chi connectivity index (χ0n) is 9.91. The monoisotopic (exact) mass is 319 g/mol. The topological polar surface area (TPSA) is 49.3 Å². The molecule has 0 aliphatic heterocycles. The third-order valence-electron chi connectivity index (χ3n) is 2.38. The minimum absolute atomic E-state index is 0.00433. The van der Waals surface area contributed by atoms with Gasteiger partial charge in [0.25, 0.3) is 0 Å². The average Bonchev–Trinajstić information content (AvgIpc) is 2.70. The Labute approximate surface area is 114 Å². The lowest BCUT2D eigenvalue weighted by Crippen LogP contribution is -2.32. The van der Waals surface area contributed by atoms with Crippen LogP contribution in [0.3, 0.4) is 0 Å². The van der Waals surface area contributed by atoms with Gasteiger partial charge in [-0.1, -0.05) is 13.3 Å². The first kappa shape index (κ1) is 14.7. The molecule has 2 N–H and O–H groups in total. The Morgan fingerprint density at radius 1 is 1.65 bits per heavy atom. The van der Waals surface area contributed by atoms with Crippen LogP contribution in [0.15, 0.2) is 15.9 Å². The summed E-state index contributed by atoms with van der Waals surface area (Å²) in [7, 11) is 0. The van der Waals surface area contributed by atoms with Crippen LogP contribution in [-0.4, -0.2) is 23.7 Å². The molecule has 0 fully saturated rings. The highest BCUT2D eigenvalue weighted by Crippen LogP contribution is 2.20. The molecule has 1 unspecified atom stereocenters. The van der Waals surface area contributed by atoms with E-state index in [9.17, 15) is 9.90 Å². The lowest BCUT2D eigenvalue weighted by atomic mass is 10.2. The van der Waals surface area contributed by atoms with E-state index in [-0.39, 0.29) is 5.91 Å². The van der Waals surface area contributed by atoms with E-state index in [1.807, 2.05) is 18.4 Å². The molecule has 1 heterocycles. The summed E-state index contributed by atoms with van der Waals surface area (Å²) in [6.45, 7) is 2.38. The van der Waals surface area contributed by atoms with E-state index in [1.54, 1.807) is 11.3 Å². The van der Waals surface area contributed by atoms with E-state index >= 15 is 0 Å². The van der Waals surface area contributed by atoms with Gasteiger partial charge in [-0.05, 0) is 34.8 Å². The van der Waals surface area contributed by atoms with Crippen LogP contribution in [0.2, 0.25) is 0 Å². The fourth-order valence-electron chi connectivity index (χ4n) is 1.48. The van der Waals surface area contributed by atoms with E-state index in [2.05, 4.69) is 21.2 Å². The average molecular weight is 320 g/mol. The van der Waals surface area contributed by atoms with Gasteiger partial charge < -0.3 is 10.4 Å². The number of carbonyl (C=O) groups is 1. The van der Waals surface area contributed by atoms with Gasteiger partial charge >= 0.3 is 0 Å². The molecule has 1 amide bonds. The summed E-state index contributed by atoms with van der Waals surface area (Å²) in [6.07, 6.45) is 2.48. The molecule has 17 heavy (non-hydrogen) atoms. The number of aliphatic hydroxyl groups excluding tert-OH is 1. The first-order valence-corrected chi connectivity index (χ1v) is 7.46. The van der Waals surface area contributed by atoms with Crippen LogP contribution in [-0.2, 0) is 11.2 Å². The molecule has 1 aromatic heterocycles. The van der Waals surface area contributed by atoms with Gasteiger partial charge in [-0.15, -0.1) is 11.3 Å². The molecule has 0 aliphatic carbocycles. The Bertz CT molecular complexity index is 354. The minimum atomic E-state index is -0.417. The van der Waals surface area contributed by atoms with Crippen molar-refractivity contribution in [1.82, 2.24) is 5.32 Å². The molecule has 1 aromatic rings. The predicted molar refractivity (Wildman–Crippen MR) is 74.3 cm³/mol. The molecule has 0 spiro atoms. The summed E-state index contributed by atoms with van der Waals surface area (Å²) in [5.41, 5.74) is 0. The van der Waals surface area contributed by atoms with E-state index in [1.165, 1.54) is 4.88 Å². The molecule has 0 aliphatic rings. The van der Waals surface area contributed by atoms with Gasteiger partial charge in [0.1, 0.15) is 0 Å². The molecule has 0 radical (unpaired) electrons. The summed E-state index contributed by atoms with van der Waals surface area (Å²) in [4.78, 5) is 12.7. The van der Waals surface area contributed by atoms with E-state index < -0.39 is 6.10 Å². The fraction of sp³-hybridized carbons (Fsp3) is 0.583. The number of aryl methyl sites for hydroxylation is 1. The maximum absolute atomic E-state index is 11.5. The molecule has 5 heteroatoms. The van der Waals surface area contributed by atoms with Crippen LogP contribution >= 0.6 is 27.3 Å². The van der Waals surface area contributed by atoms with Gasteiger partial charge in [0.05, 0.1) is 6.10 Å². The van der Waals surface area contributed by atoms with Crippen molar-refractivity contribution < 1.29 is 9.90 Å². The Balaban J connectivity index is 2.17. The highest BCUT2D eigenvalue weighted by Gasteiger charge is 2.07. The molecule has 1 rings (SSSR count). The van der Waals surface area contributed by atoms with E-state index in [4.69, 9.17) is 0 Å². The number of thiophene rings is 1. The molecule has 0 saturated carbocycles. The van der Waals surface area contributed by atoms with Crippen LogP contribution < -0.4 is 5.32 Å². The maximum atomic E-state index is 11.5. The molecular weight excluding hydrogens is 302 g/mol. The first-order chi connectivity index (χ1) is 8.11. The summed E-state index contributed by atoms with van der Waals surface area (Å²) in [5, 5.41) is 14.2. The zero-order valence-corrected chi connectivity index (χ0v) is 12.3. The van der Waals surface area contributed by atoms with Crippen LogP contribution in [0, 0.1) is 0 Å². The van der Waals surface area contributed by atoms with Crippen molar-refractivity contribution in [3.63, 3.8) is 0 Å². The third-order valence-corrected chi connectivity index (χ3v) is 4.13. The highest BCUT2D eigenvalue weighted by molar-refractivity contribution is 9.10. The van der Waals surface area contributed by atoms with Gasteiger partial charge in [0.2, 0.25) is 5.91 Å². The number of halogens is 1. The summed E-state index contributed by atoms with van der Waals surface area (Å²) < 4.78 is 1.07. The van der Waals surface area contributed by atoms with Gasteiger partial charge in [-0.25, -0.2) is 0 Å². The van der Waals surface area contributed by atoms with Gasteiger partial charge in [-0.3, -0.25) is 4.79 Å². The standard InChI is InChI=1S/C12H18BrNO2S/c1-2-3-10(15)7-14-12(16)5-4-11-6-9(13)8-17-11/h6,8,10,15H,2-5,7H2,1H3,(H,14,16). The lowest BCUT2D eigenvalue weighted by molar-refractivity contribution is -0.121. The number of carbonyl (C=O) groups excluding carboxylic acids is 1. The van der Waals surface area contributed by atoms with E-state index in [0.717, 1.165) is 23.7 Å². The first-order valence-electron chi connectivity index (χ1n) is 5.79. The largest absolute Gasteiger partial charge is 0.391 e. The second kappa shape index (κ2) is 7.84. The number of rotatable bonds is 7. The maximum Gasteiger partial charge on any atom is 0.220 e. The van der Waals surface area contributed by atoms with Crippen LogP contribution in [0.1, 0.15) is 31.1 Å². The number of aliphatic hydroxyl groups is 1. The number of amides is 1. The predicted octanol–water partition coefficient (Wildman–Crippen LogP) is 2.72. The highest BCUT2D eigenvalue weighted by atomic mass is 79.9. The Hall–Kier alpha value is -0.390. The van der Waals surface area contributed by atoms with Crippen molar-refractivity contribution in [3.05, 3.63) is 20.8 Å². The number of hydrogen-bond donors (Lipinski definition) is 2. The molecule has 96 valence electrons. The van der Waals surface area contributed by atoms with Gasteiger partial charge in [0, 0.05) is 27.7 Å². The normalized spacial score (nSPS) is 12.4. The van der Waals surface area contributed by atoms with Crippen molar-refractivity contribution in [1.29, 1.82) is 0 Å². The van der Waals surface area contributed by atoms with Crippen molar-refractivity contribution >= 4 is 33.2 Å². The smallest absolute Gasteiger partial charge is 0.220 e. The Morgan fingerprint density at radius 2 is 2.41 bits per heavy atom. The van der Waals surface area contributed by atoms with Gasteiger partial charge in [0.15, 0.2) is 0 Å². The lowest BCUT2D eigenvalue weighted by Gasteiger charge is -2.10. The SMILES string of the molecule is CCCC(O)CNC(=O)CCc1cc(Br)cs1. The fourth-order valence-corrected chi connectivity index (χ4v) is 2.93. The molecule has 3 nitrogen and oxygen atoms in total. The van der Waals surface area contributed by atoms with Crippen LogP contribution in [0.25, 0.3) is 0 Å².